The highest BCUT2D eigenvalue weighted by Gasteiger charge is 2.47. The van der Waals surface area contributed by atoms with E-state index in [0.717, 1.165) is 29.7 Å². The predicted octanol–water partition coefficient (Wildman–Crippen LogP) is 1.31. The molecule has 5 aliphatic rings. The highest BCUT2D eigenvalue weighted by Crippen LogP contribution is 2.53. The molecule has 5 rings (SSSR count). The molecule has 0 unspecified atom stereocenters. The smallest absolute Gasteiger partial charge is 0.0124 e. The Morgan fingerprint density at radius 2 is 1.53 bits per heavy atom. The van der Waals surface area contributed by atoms with E-state index in [1.807, 2.05) is 0 Å². The van der Waals surface area contributed by atoms with E-state index >= 15 is 0 Å². The molecule has 0 aromatic heterocycles. The molecule has 0 aromatic carbocycles. The van der Waals surface area contributed by atoms with Crippen LogP contribution >= 0.6 is 0 Å². The van der Waals surface area contributed by atoms with Gasteiger partial charge in [-0.3, -0.25) is 4.90 Å². The van der Waals surface area contributed by atoms with Crippen molar-refractivity contribution in [1.82, 2.24) is 15.5 Å². The Hall–Kier alpha value is -0.120. The van der Waals surface area contributed by atoms with Crippen molar-refractivity contribution in [3.8, 4) is 0 Å². The van der Waals surface area contributed by atoms with Gasteiger partial charge in [0, 0.05) is 45.3 Å². The maximum absolute atomic E-state index is 3.95. The SMILES string of the molecule is C1CN(CCNC2C3CC4CC(C3)CC2C4)CCN1. The van der Waals surface area contributed by atoms with E-state index in [2.05, 4.69) is 15.5 Å². The minimum Gasteiger partial charge on any atom is -0.314 e. The summed E-state index contributed by atoms with van der Waals surface area (Å²) in [6.07, 6.45) is 7.73. The number of rotatable bonds is 4. The number of hydrogen-bond donors (Lipinski definition) is 2. The molecular formula is C16H29N3. The molecule has 1 saturated heterocycles. The van der Waals surface area contributed by atoms with E-state index in [-0.39, 0.29) is 0 Å². The summed E-state index contributed by atoms with van der Waals surface area (Å²) in [4.78, 5) is 2.61. The van der Waals surface area contributed by atoms with E-state index in [9.17, 15) is 0 Å². The Morgan fingerprint density at radius 1 is 0.895 bits per heavy atom. The summed E-state index contributed by atoms with van der Waals surface area (Å²) in [5.41, 5.74) is 0. The van der Waals surface area contributed by atoms with Crippen LogP contribution in [0.15, 0.2) is 0 Å². The predicted molar refractivity (Wildman–Crippen MR) is 78.1 cm³/mol. The summed E-state index contributed by atoms with van der Waals surface area (Å²) >= 11 is 0. The molecule has 1 aliphatic heterocycles. The lowest BCUT2D eigenvalue weighted by molar-refractivity contribution is -0.0142. The van der Waals surface area contributed by atoms with Gasteiger partial charge in [-0.05, 0) is 55.8 Å². The van der Waals surface area contributed by atoms with Crippen LogP contribution in [0.25, 0.3) is 0 Å². The zero-order valence-electron chi connectivity index (χ0n) is 12.1. The molecule has 3 nitrogen and oxygen atoms in total. The fourth-order valence-corrected chi connectivity index (χ4v) is 5.58. The zero-order chi connectivity index (χ0) is 12.7. The maximum atomic E-state index is 3.95. The second kappa shape index (κ2) is 5.34. The van der Waals surface area contributed by atoms with Gasteiger partial charge < -0.3 is 10.6 Å². The van der Waals surface area contributed by atoms with E-state index in [4.69, 9.17) is 0 Å². The first-order chi connectivity index (χ1) is 9.38. The number of nitrogens with one attached hydrogen (secondary N) is 2. The fourth-order valence-electron chi connectivity index (χ4n) is 5.58. The van der Waals surface area contributed by atoms with Crippen LogP contribution in [-0.2, 0) is 0 Å². The molecule has 108 valence electrons. The molecule has 4 saturated carbocycles. The van der Waals surface area contributed by atoms with Crippen LogP contribution in [0.4, 0.5) is 0 Å². The number of nitrogens with zero attached hydrogens (tertiary/aromatic N) is 1. The molecule has 0 amide bonds. The molecule has 2 N–H and O–H groups in total. The monoisotopic (exact) mass is 263 g/mol. The molecular weight excluding hydrogens is 234 g/mol. The normalized spacial score (nSPS) is 45.8. The lowest BCUT2D eigenvalue weighted by atomic mass is 9.54. The Kier molecular flexibility index (Phi) is 3.55. The minimum absolute atomic E-state index is 0.871. The molecule has 0 aromatic rings. The molecule has 3 heteroatoms. The minimum atomic E-state index is 0.871. The topological polar surface area (TPSA) is 27.3 Å². The quantitative estimate of drug-likeness (QED) is 0.801. The van der Waals surface area contributed by atoms with Crippen LogP contribution in [0.3, 0.4) is 0 Å². The van der Waals surface area contributed by atoms with Crippen molar-refractivity contribution in [2.75, 3.05) is 39.3 Å². The van der Waals surface area contributed by atoms with Crippen molar-refractivity contribution in [1.29, 1.82) is 0 Å². The van der Waals surface area contributed by atoms with Crippen LogP contribution < -0.4 is 10.6 Å². The molecule has 0 atom stereocenters. The molecule has 4 aliphatic carbocycles. The van der Waals surface area contributed by atoms with Crippen LogP contribution in [0.5, 0.6) is 0 Å². The van der Waals surface area contributed by atoms with Gasteiger partial charge in [0.25, 0.3) is 0 Å². The highest BCUT2D eigenvalue weighted by atomic mass is 15.2. The van der Waals surface area contributed by atoms with Crippen LogP contribution in [-0.4, -0.2) is 50.2 Å². The van der Waals surface area contributed by atoms with Crippen molar-refractivity contribution in [3.63, 3.8) is 0 Å². The third-order valence-corrected chi connectivity index (χ3v) is 6.24. The van der Waals surface area contributed by atoms with Gasteiger partial charge in [0.1, 0.15) is 0 Å². The summed E-state index contributed by atoms with van der Waals surface area (Å²) in [6, 6.07) is 0.871. The largest absolute Gasteiger partial charge is 0.314 e. The average molecular weight is 263 g/mol. The van der Waals surface area contributed by atoms with Gasteiger partial charge >= 0.3 is 0 Å². The second-order valence-corrected chi connectivity index (χ2v) is 7.50. The molecule has 1 heterocycles. The Labute approximate surface area is 117 Å². The molecule has 4 bridgehead atoms. The maximum Gasteiger partial charge on any atom is 0.0124 e. The van der Waals surface area contributed by atoms with E-state index < -0.39 is 0 Å². The molecule has 0 spiro atoms. The van der Waals surface area contributed by atoms with E-state index in [0.29, 0.717) is 0 Å². The Bertz CT molecular complexity index is 283. The molecule has 19 heavy (non-hydrogen) atoms. The van der Waals surface area contributed by atoms with Crippen molar-refractivity contribution in [2.45, 2.75) is 38.1 Å². The summed E-state index contributed by atoms with van der Waals surface area (Å²) < 4.78 is 0. The second-order valence-electron chi connectivity index (χ2n) is 7.50. The van der Waals surface area contributed by atoms with Gasteiger partial charge in [0.2, 0.25) is 0 Å². The third kappa shape index (κ3) is 2.57. The van der Waals surface area contributed by atoms with Gasteiger partial charge in [-0.15, -0.1) is 0 Å². The zero-order valence-corrected chi connectivity index (χ0v) is 12.1. The summed E-state index contributed by atoms with van der Waals surface area (Å²) in [7, 11) is 0. The first-order valence-electron chi connectivity index (χ1n) is 8.55. The van der Waals surface area contributed by atoms with Gasteiger partial charge in [-0.25, -0.2) is 0 Å². The summed E-state index contributed by atoms with van der Waals surface area (Å²) in [6.45, 7) is 7.31. The third-order valence-electron chi connectivity index (χ3n) is 6.24. The van der Waals surface area contributed by atoms with Crippen LogP contribution in [0.2, 0.25) is 0 Å². The first-order valence-corrected chi connectivity index (χ1v) is 8.55. The van der Waals surface area contributed by atoms with Gasteiger partial charge in [0.15, 0.2) is 0 Å². The average Bonchev–Trinajstić information content (AvgIpc) is 2.42. The van der Waals surface area contributed by atoms with Crippen molar-refractivity contribution < 1.29 is 0 Å². The number of hydrogen-bond acceptors (Lipinski definition) is 3. The number of piperazine rings is 1. The first kappa shape index (κ1) is 12.6. The van der Waals surface area contributed by atoms with Crippen molar-refractivity contribution >= 4 is 0 Å². The van der Waals surface area contributed by atoms with Gasteiger partial charge in [0.05, 0.1) is 0 Å². The van der Waals surface area contributed by atoms with Crippen molar-refractivity contribution in [3.05, 3.63) is 0 Å². The van der Waals surface area contributed by atoms with Crippen LogP contribution in [0.1, 0.15) is 32.1 Å². The standard InChI is InChI=1S/C16H29N3/c1-4-19(5-2-17-1)6-3-18-16-14-8-12-7-13(10-14)11-15(16)9-12/h12-18H,1-11H2. The Balaban J connectivity index is 1.26. The van der Waals surface area contributed by atoms with E-state index in [1.165, 1.54) is 65.0 Å². The summed E-state index contributed by atoms with van der Waals surface area (Å²) in [5, 5.41) is 7.38. The summed E-state index contributed by atoms with van der Waals surface area (Å²) in [5.74, 6) is 4.26. The lowest BCUT2D eigenvalue weighted by Crippen LogP contribution is -2.56. The van der Waals surface area contributed by atoms with E-state index in [1.54, 1.807) is 6.42 Å². The van der Waals surface area contributed by atoms with Crippen molar-refractivity contribution in [2.24, 2.45) is 23.7 Å². The van der Waals surface area contributed by atoms with Gasteiger partial charge in [-0.1, -0.05) is 0 Å². The Morgan fingerprint density at radius 3 is 2.16 bits per heavy atom. The fraction of sp³-hybridized carbons (Fsp3) is 1.00. The van der Waals surface area contributed by atoms with Crippen LogP contribution in [0, 0.1) is 23.7 Å². The highest BCUT2D eigenvalue weighted by molar-refractivity contribution is 5.01. The molecule has 0 radical (unpaired) electrons. The van der Waals surface area contributed by atoms with Gasteiger partial charge in [-0.2, -0.15) is 0 Å². The molecule has 5 fully saturated rings. The lowest BCUT2D eigenvalue weighted by Gasteiger charge is -2.54.